The zero-order valence-electron chi connectivity index (χ0n) is 12.7. The van der Waals surface area contributed by atoms with Gasteiger partial charge in [-0.25, -0.2) is 0 Å². The SMILES string of the molecule is CC(C)(C)NCc1ccccc1CN1CCCCC1. The molecule has 2 rings (SSSR count). The van der Waals surface area contributed by atoms with Crippen molar-refractivity contribution >= 4 is 0 Å². The molecule has 0 atom stereocenters. The summed E-state index contributed by atoms with van der Waals surface area (Å²) in [5.74, 6) is 0. The summed E-state index contributed by atoms with van der Waals surface area (Å²) in [6, 6.07) is 8.87. The Morgan fingerprint density at radius 1 is 1.00 bits per heavy atom. The van der Waals surface area contributed by atoms with Crippen LogP contribution in [-0.4, -0.2) is 23.5 Å². The van der Waals surface area contributed by atoms with Crippen LogP contribution in [0.25, 0.3) is 0 Å². The third-order valence-electron chi connectivity index (χ3n) is 3.77. The van der Waals surface area contributed by atoms with Crippen LogP contribution in [0.5, 0.6) is 0 Å². The fraction of sp³-hybridized carbons (Fsp3) is 0.647. The summed E-state index contributed by atoms with van der Waals surface area (Å²) in [6.45, 7) is 11.3. The largest absolute Gasteiger partial charge is 0.308 e. The van der Waals surface area contributed by atoms with Gasteiger partial charge in [0.1, 0.15) is 0 Å². The van der Waals surface area contributed by atoms with E-state index in [0.29, 0.717) is 0 Å². The smallest absolute Gasteiger partial charge is 0.0236 e. The van der Waals surface area contributed by atoms with Gasteiger partial charge in [-0.15, -0.1) is 0 Å². The minimum Gasteiger partial charge on any atom is -0.308 e. The minimum absolute atomic E-state index is 0.179. The number of nitrogens with one attached hydrogen (secondary N) is 1. The van der Waals surface area contributed by atoms with E-state index in [1.54, 1.807) is 0 Å². The molecule has 0 bridgehead atoms. The second-order valence-electron chi connectivity index (χ2n) is 6.71. The first-order chi connectivity index (χ1) is 9.04. The van der Waals surface area contributed by atoms with Crippen LogP contribution in [0.3, 0.4) is 0 Å². The Morgan fingerprint density at radius 3 is 2.26 bits per heavy atom. The first kappa shape index (κ1) is 14.5. The highest BCUT2D eigenvalue weighted by Crippen LogP contribution is 2.16. The van der Waals surface area contributed by atoms with Gasteiger partial charge in [0.05, 0.1) is 0 Å². The van der Waals surface area contributed by atoms with Gasteiger partial charge in [0.2, 0.25) is 0 Å². The molecule has 1 aliphatic heterocycles. The Bertz CT molecular complexity index is 386. The molecule has 0 spiro atoms. The van der Waals surface area contributed by atoms with Gasteiger partial charge in [-0.05, 0) is 57.8 Å². The average Bonchev–Trinajstić information content (AvgIpc) is 2.38. The monoisotopic (exact) mass is 260 g/mol. The maximum absolute atomic E-state index is 3.60. The molecular weight excluding hydrogens is 232 g/mol. The third-order valence-corrected chi connectivity index (χ3v) is 3.77. The van der Waals surface area contributed by atoms with E-state index in [1.807, 2.05) is 0 Å². The highest BCUT2D eigenvalue weighted by molar-refractivity contribution is 5.27. The molecule has 0 aliphatic carbocycles. The topological polar surface area (TPSA) is 15.3 Å². The maximum atomic E-state index is 3.60. The first-order valence-corrected chi connectivity index (χ1v) is 7.59. The van der Waals surface area contributed by atoms with Crippen molar-refractivity contribution in [3.8, 4) is 0 Å². The molecule has 0 radical (unpaired) electrons. The highest BCUT2D eigenvalue weighted by atomic mass is 15.1. The van der Waals surface area contributed by atoms with Gasteiger partial charge in [-0.2, -0.15) is 0 Å². The van der Waals surface area contributed by atoms with E-state index in [9.17, 15) is 0 Å². The van der Waals surface area contributed by atoms with Gasteiger partial charge in [0, 0.05) is 18.6 Å². The van der Waals surface area contributed by atoms with Gasteiger partial charge in [0.15, 0.2) is 0 Å². The lowest BCUT2D eigenvalue weighted by atomic mass is 10.0. The normalized spacial score (nSPS) is 17.6. The Balaban J connectivity index is 1.99. The van der Waals surface area contributed by atoms with Crippen molar-refractivity contribution in [1.82, 2.24) is 10.2 Å². The Hall–Kier alpha value is -0.860. The van der Waals surface area contributed by atoms with Crippen molar-refractivity contribution in [2.24, 2.45) is 0 Å². The van der Waals surface area contributed by atoms with Crippen LogP contribution in [0, 0.1) is 0 Å². The van der Waals surface area contributed by atoms with Gasteiger partial charge in [0.25, 0.3) is 0 Å². The van der Waals surface area contributed by atoms with E-state index in [0.717, 1.165) is 13.1 Å². The minimum atomic E-state index is 0.179. The number of hydrogen-bond donors (Lipinski definition) is 1. The lowest BCUT2D eigenvalue weighted by Crippen LogP contribution is -2.35. The second kappa shape index (κ2) is 6.53. The van der Waals surface area contributed by atoms with Crippen LogP contribution in [0.1, 0.15) is 51.2 Å². The molecule has 1 fully saturated rings. The van der Waals surface area contributed by atoms with Crippen molar-refractivity contribution in [2.45, 2.75) is 58.7 Å². The molecule has 2 heteroatoms. The number of hydrogen-bond acceptors (Lipinski definition) is 2. The molecule has 2 nitrogen and oxygen atoms in total. The number of benzene rings is 1. The van der Waals surface area contributed by atoms with E-state index >= 15 is 0 Å². The van der Waals surface area contributed by atoms with E-state index in [2.05, 4.69) is 55.3 Å². The van der Waals surface area contributed by atoms with Crippen molar-refractivity contribution in [3.63, 3.8) is 0 Å². The van der Waals surface area contributed by atoms with Crippen LogP contribution in [0.15, 0.2) is 24.3 Å². The summed E-state index contributed by atoms with van der Waals surface area (Å²) in [7, 11) is 0. The Kier molecular flexibility index (Phi) is 5.00. The molecule has 1 aromatic rings. The molecule has 1 N–H and O–H groups in total. The molecule has 0 aromatic heterocycles. The molecule has 1 aliphatic rings. The fourth-order valence-corrected chi connectivity index (χ4v) is 2.60. The van der Waals surface area contributed by atoms with Crippen LogP contribution >= 0.6 is 0 Å². The third kappa shape index (κ3) is 4.96. The van der Waals surface area contributed by atoms with Crippen LogP contribution < -0.4 is 5.32 Å². The van der Waals surface area contributed by atoms with E-state index in [1.165, 1.54) is 43.5 Å². The van der Waals surface area contributed by atoms with Crippen LogP contribution in [-0.2, 0) is 13.1 Å². The quantitative estimate of drug-likeness (QED) is 0.890. The Labute approximate surface area is 118 Å². The molecule has 19 heavy (non-hydrogen) atoms. The zero-order chi connectivity index (χ0) is 13.7. The highest BCUT2D eigenvalue weighted by Gasteiger charge is 2.14. The predicted octanol–water partition coefficient (Wildman–Crippen LogP) is 3.56. The fourth-order valence-electron chi connectivity index (χ4n) is 2.60. The lowest BCUT2D eigenvalue weighted by Gasteiger charge is -2.28. The number of likely N-dealkylation sites (tertiary alicyclic amines) is 1. The van der Waals surface area contributed by atoms with Gasteiger partial charge >= 0.3 is 0 Å². The lowest BCUT2D eigenvalue weighted by molar-refractivity contribution is 0.220. The maximum Gasteiger partial charge on any atom is 0.0236 e. The molecule has 106 valence electrons. The predicted molar refractivity (Wildman–Crippen MR) is 82.2 cm³/mol. The Morgan fingerprint density at radius 2 is 1.63 bits per heavy atom. The number of rotatable bonds is 4. The van der Waals surface area contributed by atoms with Gasteiger partial charge in [-0.1, -0.05) is 30.7 Å². The molecule has 0 saturated carbocycles. The van der Waals surface area contributed by atoms with Crippen LogP contribution in [0.4, 0.5) is 0 Å². The number of nitrogens with zero attached hydrogens (tertiary/aromatic N) is 1. The average molecular weight is 260 g/mol. The van der Waals surface area contributed by atoms with E-state index in [-0.39, 0.29) is 5.54 Å². The summed E-state index contributed by atoms with van der Waals surface area (Å²) in [5, 5.41) is 3.60. The van der Waals surface area contributed by atoms with Gasteiger partial charge in [-0.3, -0.25) is 4.90 Å². The first-order valence-electron chi connectivity index (χ1n) is 7.59. The molecule has 0 unspecified atom stereocenters. The molecule has 1 aromatic carbocycles. The van der Waals surface area contributed by atoms with Crippen molar-refractivity contribution in [2.75, 3.05) is 13.1 Å². The zero-order valence-corrected chi connectivity index (χ0v) is 12.7. The van der Waals surface area contributed by atoms with Crippen molar-refractivity contribution in [1.29, 1.82) is 0 Å². The number of piperidine rings is 1. The van der Waals surface area contributed by atoms with E-state index in [4.69, 9.17) is 0 Å². The molecule has 1 saturated heterocycles. The summed E-state index contributed by atoms with van der Waals surface area (Å²) < 4.78 is 0. The standard InChI is InChI=1S/C17H28N2/c1-17(2,3)18-13-15-9-5-6-10-16(15)14-19-11-7-4-8-12-19/h5-6,9-10,18H,4,7-8,11-14H2,1-3H3. The summed E-state index contributed by atoms with van der Waals surface area (Å²) in [6.07, 6.45) is 4.13. The summed E-state index contributed by atoms with van der Waals surface area (Å²) >= 11 is 0. The molecular formula is C17H28N2. The molecule has 0 amide bonds. The van der Waals surface area contributed by atoms with Crippen molar-refractivity contribution < 1.29 is 0 Å². The second-order valence-corrected chi connectivity index (χ2v) is 6.71. The summed E-state index contributed by atoms with van der Waals surface area (Å²) in [5.41, 5.74) is 3.11. The van der Waals surface area contributed by atoms with Gasteiger partial charge < -0.3 is 5.32 Å². The van der Waals surface area contributed by atoms with Crippen LogP contribution in [0.2, 0.25) is 0 Å². The summed E-state index contributed by atoms with van der Waals surface area (Å²) in [4.78, 5) is 2.60. The molecule has 1 heterocycles. The van der Waals surface area contributed by atoms with E-state index < -0.39 is 0 Å². The van der Waals surface area contributed by atoms with Crippen molar-refractivity contribution in [3.05, 3.63) is 35.4 Å².